The number of pyridine rings is 1. The molecule has 0 radical (unpaired) electrons. The van der Waals surface area contributed by atoms with Crippen LogP contribution in [0.1, 0.15) is 5.69 Å². The molecule has 0 bridgehead atoms. The van der Waals surface area contributed by atoms with Crippen molar-refractivity contribution in [2.75, 3.05) is 0 Å². The Hall–Kier alpha value is -1.47. The smallest absolute Gasteiger partial charge is 0.239 e. The van der Waals surface area contributed by atoms with Crippen LogP contribution in [0.3, 0.4) is 0 Å². The van der Waals surface area contributed by atoms with Gasteiger partial charge in [0.2, 0.25) is 5.91 Å². The minimum Gasteiger partial charge on any atom is -0.303 e. The van der Waals surface area contributed by atoms with Crippen LogP contribution in [0.25, 0.3) is 5.65 Å². The second-order valence-electron chi connectivity index (χ2n) is 3.21. The molecule has 0 fully saturated rings. The van der Waals surface area contributed by atoms with Crippen molar-refractivity contribution >= 4 is 27.5 Å². The van der Waals surface area contributed by atoms with E-state index in [1.54, 1.807) is 6.20 Å². The molecule has 0 aliphatic rings. The van der Waals surface area contributed by atoms with Gasteiger partial charge < -0.3 is 4.40 Å². The Kier molecular flexibility index (Phi) is 2.88. The molecule has 5 nitrogen and oxygen atoms in total. The van der Waals surface area contributed by atoms with Gasteiger partial charge in [0.25, 0.3) is 0 Å². The fourth-order valence-electron chi connectivity index (χ4n) is 1.38. The zero-order valence-corrected chi connectivity index (χ0v) is 9.66. The molecule has 84 valence electrons. The molecular weight excluding hydrogens is 279 g/mol. The number of halogens is 2. The third-order valence-corrected chi connectivity index (χ3v) is 2.61. The summed E-state index contributed by atoms with van der Waals surface area (Å²) in [6.07, 6.45) is 2.93. The van der Waals surface area contributed by atoms with Crippen molar-refractivity contribution in [3.05, 3.63) is 34.4 Å². The summed E-state index contributed by atoms with van der Waals surface area (Å²) in [4.78, 5) is 15.2. The first kappa shape index (κ1) is 11.0. The Morgan fingerprint density at radius 3 is 3.06 bits per heavy atom. The van der Waals surface area contributed by atoms with E-state index in [2.05, 4.69) is 20.9 Å². The van der Waals surface area contributed by atoms with Gasteiger partial charge in [0.15, 0.2) is 5.65 Å². The molecule has 0 atom stereocenters. The van der Waals surface area contributed by atoms with Crippen LogP contribution in [0.5, 0.6) is 0 Å². The molecule has 0 aromatic carbocycles. The van der Waals surface area contributed by atoms with Crippen molar-refractivity contribution in [1.82, 2.24) is 14.8 Å². The molecule has 0 aliphatic carbocycles. The van der Waals surface area contributed by atoms with Gasteiger partial charge in [-0.25, -0.2) is 15.2 Å². The number of hydrazine groups is 1. The lowest BCUT2D eigenvalue weighted by Crippen LogP contribution is -2.31. The van der Waals surface area contributed by atoms with Gasteiger partial charge in [-0.1, -0.05) is 0 Å². The maximum Gasteiger partial charge on any atom is 0.239 e. The van der Waals surface area contributed by atoms with E-state index in [0.29, 0.717) is 15.8 Å². The lowest BCUT2D eigenvalue weighted by molar-refractivity contribution is -0.120. The number of fused-ring (bicyclic) bond motifs is 1. The molecule has 0 spiro atoms. The van der Waals surface area contributed by atoms with Gasteiger partial charge in [-0.2, -0.15) is 0 Å². The number of imidazole rings is 1. The van der Waals surface area contributed by atoms with Crippen molar-refractivity contribution < 1.29 is 9.18 Å². The molecule has 0 unspecified atom stereocenters. The van der Waals surface area contributed by atoms with E-state index in [-0.39, 0.29) is 18.1 Å². The van der Waals surface area contributed by atoms with E-state index in [1.165, 1.54) is 16.7 Å². The number of nitrogens with two attached hydrogens (primary N) is 1. The standard InChI is InChI=1S/C9H8BrFN4O/c10-7-1-5(11)3-15-4-6(13-9(7)15)2-8(16)14-12/h1,3-4H,2,12H2,(H,14,16). The van der Waals surface area contributed by atoms with Gasteiger partial charge in [0.1, 0.15) is 5.82 Å². The summed E-state index contributed by atoms with van der Waals surface area (Å²) < 4.78 is 15.1. The monoisotopic (exact) mass is 286 g/mol. The molecule has 0 saturated heterocycles. The molecular formula is C9H8BrFN4O. The normalized spacial score (nSPS) is 10.7. The number of rotatable bonds is 2. The summed E-state index contributed by atoms with van der Waals surface area (Å²) in [5, 5.41) is 0. The van der Waals surface area contributed by atoms with Gasteiger partial charge in [-0.3, -0.25) is 10.2 Å². The highest BCUT2D eigenvalue weighted by Crippen LogP contribution is 2.19. The molecule has 2 rings (SSSR count). The number of aromatic nitrogens is 2. The molecule has 0 aliphatic heterocycles. The van der Waals surface area contributed by atoms with Crippen LogP contribution in [0, 0.1) is 5.82 Å². The highest BCUT2D eigenvalue weighted by Gasteiger charge is 2.09. The second-order valence-corrected chi connectivity index (χ2v) is 4.07. The number of nitrogens with one attached hydrogen (secondary N) is 1. The Morgan fingerprint density at radius 2 is 2.38 bits per heavy atom. The van der Waals surface area contributed by atoms with E-state index < -0.39 is 0 Å². The summed E-state index contributed by atoms with van der Waals surface area (Å²) in [6.45, 7) is 0. The molecule has 3 N–H and O–H groups in total. The lowest BCUT2D eigenvalue weighted by Gasteiger charge is -1.95. The first-order valence-electron chi connectivity index (χ1n) is 4.42. The third-order valence-electron chi connectivity index (χ3n) is 2.03. The van der Waals surface area contributed by atoms with Crippen LogP contribution >= 0.6 is 15.9 Å². The largest absolute Gasteiger partial charge is 0.303 e. The Labute approximate surface area is 98.6 Å². The molecule has 16 heavy (non-hydrogen) atoms. The van der Waals surface area contributed by atoms with Gasteiger partial charge in [-0.15, -0.1) is 0 Å². The Morgan fingerprint density at radius 1 is 1.62 bits per heavy atom. The summed E-state index contributed by atoms with van der Waals surface area (Å²) in [7, 11) is 0. The van der Waals surface area contributed by atoms with Crippen LogP contribution in [-0.2, 0) is 11.2 Å². The summed E-state index contributed by atoms with van der Waals surface area (Å²) in [5.41, 5.74) is 3.09. The van der Waals surface area contributed by atoms with Crippen molar-refractivity contribution in [3.63, 3.8) is 0 Å². The van der Waals surface area contributed by atoms with Gasteiger partial charge >= 0.3 is 0 Å². The lowest BCUT2D eigenvalue weighted by atomic mass is 10.3. The minimum absolute atomic E-state index is 0.0617. The average Bonchev–Trinajstić information content (AvgIpc) is 2.60. The van der Waals surface area contributed by atoms with E-state index >= 15 is 0 Å². The van der Waals surface area contributed by atoms with Crippen molar-refractivity contribution in [2.24, 2.45) is 5.84 Å². The van der Waals surface area contributed by atoms with E-state index in [4.69, 9.17) is 5.84 Å². The molecule has 2 heterocycles. The number of amides is 1. The first-order chi connectivity index (χ1) is 7.60. The molecule has 0 saturated carbocycles. The summed E-state index contributed by atoms with van der Waals surface area (Å²) >= 11 is 3.20. The molecule has 1 amide bonds. The zero-order valence-electron chi connectivity index (χ0n) is 8.08. The second kappa shape index (κ2) is 4.18. The summed E-state index contributed by atoms with van der Waals surface area (Å²) in [6, 6.07) is 1.31. The third kappa shape index (κ3) is 2.05. The summed E-state index contributed by atoms with van der Waals surface area (Å²) in [5.74, 6) is 4.23. The van der Waals surface area contributed by atoms with Crippen LogP contribution < -0.4 is 11.3 Å². The highest BCUT2D eigenvalue weighted by molar-refractivity contribution is 9.10. The van der Waals surface area contributed by atoms with Gasteiger partial charge in [-0.05, 0) is 22.0 Å². The quantitative estimate of drug-likeness (QED) is 0.487. The number of carbonyl (C=O) groups is 1. The number of hydrogen-bond donors (Lipinski definition) is 2. The van der Waals surface area contributed by atoms with Crippen LogP contribution in [0.4, 0.5) is 4.39 Å². The minimum atomic E-state index is -0.383. The maximum absolute atomic E-state index is 13.1. The Balaban J connectivity index is 2.44. The van der Waals surface area contributed by atoms with E-state index in [1.807, 2.05) is 5.43 Å². The van der Waals surface area contributed by atoms with Gasteiger partial charge in [0.05, 0.1) is 16.6 Å². The topological polar surface area (TPSA) is 72.4 Å². The van der Waals surface area contributed by atoms with Crippen molar-refractivity contribution in [3.8, 4) is 0 Å². The number of hydrogen-bond acceptors (Lipinski definition) is 3. The highest BCUT2D eigenvalue weighted by atomic mass is 79.9. The fourth-order valence-corrected chi connectivity index (χ4v) is 1.89. The fraction of sp³-hybridized carbons (Fsp3) is 0.111. The van der Waals surface area contributed by atoms with Crippen molar-refractivity contribution in [2.45, 2.75) is 6.42 Å². The number of carbonyl (C=O) groups excluding carboxylic acids is 1. The van der Waals surface area contributed by atoms with Crippen LogP contribution in [0.2, 0.25) is 0 Å². The van der Waals surface area contributed by atoms with E-state index in [9.17, 15) is 9.18 Å². The first-order valence-corrected chi connectivity index (χ1v) is 5.21. The maximum atomic E-state index is 13.1. The average molecular weight is 287 g/mol. The van der Waals surface area contributed by atoms with Crippen molar-refractivity contribution in [1.29, 1.82) is 0 Å². The number of nitrogens with zero attached hydrogens (tertiary/aromatic N) is 2. The molecule has 2 aromatic rings. The molecule has 7 heteroatoms. The SMILES string of the molecule is NNC(=O)Cc1cn2cc(F)cc(Br)c2n1. The molecule has 2 aromatic heterocycles. The van der Waals surface area contributed by atoms with Gasteiger partial charge in [0, 0.05) is 12.4 Å². The predicted molar refractivity (Wildman–Crippen MR) is 58.9 cm³/mol. The van der Waals surface area contributed by atoms with Crippen LogP contribution in [-0.4, -0.2) is 15.3 Å². The van der Waals surface area contributed by atoms with Crippen LogP contribution in [0.15, 0.2) is 22.9 Å². The predicted octanol–water partition coefficient (Wildman–Crippen LogP) is 0.768. The van der Waals surface area contributed by atoms with E-state index in [0.717, 1.165) is 0 Å². The Bertz CT molecular complexity index is 554. The zero-order chi connectivity index (χ0) is 11.7.